The van der Waals surface area contributed by atoms with Crippen molar-refractivity contribution < 1.29 is 51.0 Å². The highest BCUT2D eigenvalue weighted by Crippen LogP contribution is 2.43. The van der Waals surface area contributed by atoms with Crippen LogP contribution in [-0.4, -0.2) is 54.6 Å². The molecule has 4 rings (SSSR count). The van der Waals surface area contributed by atoms with Crippen LogP contribution in [0.1, 0.15) is 31.2 Å². The minimum atomic E-state index is -1.81. The number of halogens is 4. The van der Waals surface area contributed by atoms with Crippen LogP contribution in [0.25, 0.3) is 0 Å². The summed E-state index contributed by atoms with van der Waals surface area (Å²) in [6, 6.07) is 7.85. The first-order chi connectivity index (χ1) is 18.6. The number of nitrogens with one attached hydrogen (secondary N) is 1. The Morgan fingerprint density at radius 3 is 2.28 bits per heavy atom. The number of nitrogens with zero attached hydrogens (tertiary/aromatic N) is 1. The van der Waals surface area contributed by atoms with Gasteiger partial charge in [-0.25, -0.2) is 8.78 Å². The molecule has 1 N–H and O–H groups in total. The van der Waals surface area contributed by atoms with Crippen LogP contribution in [-0.2, 0) is 35.3 Å². The van der Waals surface area contributed by atoms with Crippen molar-refractivity contribution in [2.45, 2.75) is 38.3 Å². The van der Waals surface area contributed by atoms with Crippen molar-refractivity contribution in [1.82, 2.24) is 10.2 Å². The van der Waals surface area contributed by atoms with Gasteiger partial charge in [0.1, 0.15) is 25.2 Å². The Morgan fingerprint density at radius 1 is 1.05 bits per heavy atom. The Labute approximate surface area is 220 Å². The van der Waals surface area contributed by atoms with Crippen LogP contribution >= 0.6 is 0 Å². The first kappa shape index (κ1) is 27.9. The Bertz CT molecular complexity index is 1240. The monoisotopic (exact) mass is 552 g/mol. The van der Waals surface area contributed by atoms with Crippen molar-refractivity contribution in [3.8, 4) is 5.75 Å². The third-order valence-electron chi connectivity index (χ3n) is 6.65. The number of cyclic esters (lactones) is 1. The fourth-order valence-electron chi connectivity index (χ4n) is 4.30. The Morgan fingerprint density at radius 2 is 1.72 bits per heavy atom. The van der Waals surface area contributed by atoms with Crippen LogP contribution in [0.2, 0.25) is 0 Å². The lowest BCUT2D eigenvalue weighted by Crippen LogP contribution is -2.59. The van der Waals surface area contributed by atoms with Gasteiger partial charge in [0.25, 0.3) is 0 Å². The smallest absolute Gasteiger partial charge is 0.325 e. The zero-order chi connectivity index (χ0) is 28.2. The number of rotatable bonds is 10. The second kappa shape index (κ2) is 11.7. The molecule has 9 nitrogen and oxygen atoms in total. The third kappa shape index (κ3) is 5.96. The summed E-state index contributed by atoms with van der Waals surface area (Å²) in [4.78, 5) is 51.5. The maximum Gasteiger partial charge on any atom is 0.325 e. The van der Waals surface area contributed by atoms with Crippen LogP contribution < -0.4 is 10.1 Å². The SMILES string of the molecule is O=C(CNC(=O)C1(C(=O)N(COc2c(F)c(F)cc(F)c2F)C2COC(=O)C2)CCC1)OCc1ccccc1. The highest BCUT2D eigenvalue weighted by atomic mass is 19.2. The zero-order valence-corrected chi connectivity index (χ0v) is 20.5. The second-order valence-corrected chi connectivity index (χ2v) is 9.15. The molecule has 1 saturated carbocycles. The quantitative estimate of drug-likeness (QED) is 0.159. The van der Waals surface area contributed by atoms with Gasteiger partial charge in [0.2, 0.25) is 23.4 Å². The molecule has 1 heterocycles. The normalized spacial score (nSPS) is 17.5. The molecule has 1 atom stereocenters. The van der Waals surface area contributed by atoms with Gasteiger partial charge in [0.15, 0.2) is 24.1 Å². The van der Waals surface area contributed by atoms with Gasteiger partial charge >= 0.3 is 11.9 Å². The maximum absolute atomic E-state index is 14.1. The standard InChI is InChI=1S/C26H24F4N2O7/c27-17-10-18(28)22(30)23(21(17)29)39-14-32(16-9-19(33)38-13-16)25(36)26(7-4-8-26)24(35)31-11-20(34)37-12-15-5-2-1-3-6-15/h1-3,5-6,10,16H,4,7-9,11-14H2,(H,31,35). The first-order valence-electron chi connectivity index (χ1n) is 12.0. The molecule has 2 fully saturated rings. The van der Waals surface area contributed by atoms with Gasteiger partial charge in [-0.15, -0.1) is 0 Å². The van der Waals surface area contributed by atoms with E-state index < -0.39 is 77.5 Å². The zero-order valence-electron chi connectivity index (χ0n) is 20.5. The van der Waals surface area contributed by atoms with E-state index >= 15 is 0 Å². The van der Waals surface area contributed by atoms with E-state index in [1.807, 2.05) is 0 Å². The van der Waals surface area contributed by atoms with Crippen LogP contribution in [0.3, 0.4) is 0 Å². The molecule has 39 heavy (non-hydrogen) atoms. The molecule has 1 saturated heterocycles. The number of amides is 2. The molecule has 1 aliphatic heterocycles. The topological polar surface area (TPSA) is 111 Å². The van der Waals surface area contributed by atoms with Gasteiger partial charge in [0.05, 0.1) is 12.5 Å². The predicted octanol–water partition coefficient (Wildman–Crippen LogP) is 2.75. The van der Waals surface area contributed by atoms with E-state index in [-0.39, 0.29) is 38.5 Å². The average Bonchev–Trinajstić information content (AvgIpc) is 3.32. The minimum Gasteiger partial charge on any atom is -0.467 e. The van der Waals surface area contributed by atoms with Crippen molar-refractivity contribution in [2.24, 2.45) is 5.41 Å². The lowest BCUT2D eigenvalue weighted by Gasteiger charge is -2.43. The first-order valence-corrected chi connectivity index (χ1v) is 12.0. The van der Waals surface area contributed by atoms with Gasteiger partial charge in [-0.05, 0) is 18.4 Å². The molecule has 2 aromatic carbocycles. The van der Waals surface area contributed by atoms with Gasteiger partial charge in [-0.2, -0.15) is 8.78 Å². The fourth-order valence-corrected chi connectivity index (χ4v) is 4.30. The molecule has 1 aliphatic carbocycles. The Kier molecular flexibility index (Phi) is 8.36. The third-order valence-corrected chi connectivity index (χ3v) is 6.65. The summed E-state index contributed by atoms with van der Waals surface area (Å²) in [6.07, 6.45) is 0.323. The van der Waals surface area contributed by atoms with Crippen molar-refractivity contribution >= 4 is 23.8 Å². The number of carbonyl (C=O) groups excluding carboxylic acids is 4. The van der Waals surface area contributed by atoms with E-state index in [1.165, 1.54) is 0 Å². The van der Waals surface area contributed by atoms with Crippen molar-refractivity contribution in [2.75, 3.05) is 19.9 Å². The molecular weight excluding hydrogens is 528 g/mol. The largest absolute Gasteiger partial charge is 0.467 e. The van der Waals surface area contributed by atoms with Crippen LogP contribution in [0.4, 0.5) is 17.6 Å². The number of ether oxygens (including phenoxy) is 3. The van der Waals surface area contributed by atoms with Gasteiger partial charge in [-0.1, -0.05) is 36.8 Å². The number of hydrogen-bond donors (Lipinski definition) is 1. The van der Waals surface area contributed by atoms with Crippen molar-refractivity contribution in [1.29, 1.82) is 0 Å². The van der Waals surface area contributed by atoms with Gasteiger partial charge in [-0.3, -0.25) is 19.2 Å². The Hall–Kier alpha value is -4.16. The molecule has 2 aliphatic rings. The van der Waals surface area contributed by atoms with E-state index in [4.69, 9.17) is 14.2 Å². The number of hydrogen-bond acceptors (Lipinski definition) is 7. The number of esters is 2. The summed E-state index contributed by atoms with van der Waals surface area (Å²) in [7, 11) is 0. The molecule has 0 radical (unpaired) electrons. The van der Waals surface area contributed by atoms with E-state index in [0.717, 1.165) is 10.5 Å². The van der Waals surface area contributed by atoms with Crippen LogP contribution in [0.5, 0.6) is 5.75 Å². The van der Waals surface area contributed by atoms with Crippen molar-refractivity contribution in [3.05, 3.63) is 65.2 Å². The minimum absolute atomic E-state index is 0.00246. The molecule has 0 spiro atoms. The molecule has 1 unspecified atom stereocenters. The molecule has 13 heteroatoms. The van der Waals surface area contributed by atoms with E-state index in [2.05, 4.69) is 5.32 Å². The van der Waals surface area contributed by atoms with Gasteiger partial charge < -0.3 is 24.4 Å². The van der Waals surface area contributed by atoms with Crippen LogP contribution in [0.15, 0.2) is 36.4 Å². The summed E-state index contributed by atoms with van der Waals surface area (Å²) < 4.78 is 70.5. The van der Waals surface area contributed by atoms with Crippen molar-refractivity contribution in [3.63, 3.8) is 0 Å². The second-order valence-electron chi connectivity index (χ2n) is 9.15. The molecule has 2 amide bonds. The Balaban J connectivity index is 1.46. The van der Waals surface area contributed by atoms with E-state index in [1.54, 1.807) is 30.3 Å². The summed E-state index contributed by atoms with van der Waals surface area (Å²) in [5.41, 5.74) is -0.934. The lowest BCUT2D eigenvalue weighted by molar-refractivity contribution is -0.162. The van der Waals surface area contributed by atoms with E-state index in [9.17, 15) is 36.7 Å². The highest BCUT2D eigenvalue weighted by Gasteiger charge is 2.54. The molecular formula is C26H24F4N2O7. The van der Waals surface area contributed by atoms with Gasteiger partial charge in [0, 0.05) is 6.07 Å². The molecule has 2 aromatic rings. The molecule has 208 valence electrons. The summed E-state index contributed by atoms with van der Waals surface area (Å²) >= 11 is 0. The summed E-state index contributed by atoms with van der Waals surface area (Å²) in [6.45, 7) is -1.78. The maximum atomic E-state index is 14.1. The lowest BCUT2D eigenvalue weighted by atomic mass is 9.66. The van der Waals surface area contributed by atoms with Crippen LogP contribution in [0, 0.1) is 28.7 Å². The summed E-state index contributed by atoms with van der Waals surface area (Å²) in [5.74, 6) is -11.5. The number of benzene rings is 2. The molecule has 0 bridgehead atoms. The number of carbonyl (C=O) groups is 4. The fraction of sp³-hybridized carbons (Fsp3) is 0.385. The molecule has 0 aromatic heterocycles. The highest BCUT2D eigenvalue weighted by molar-refractivity contribution is 6.06. The average molecular weight is 552 g/mol. The predicted molar refractivity (Wildman–Crippen MR) is 124 cm³/mol. The van der Waals surface area contributed by atoms with E-state index in [0.29, 0.717) is 6.42 Å². The summed E-state index contributed by atoms with van der Waals surface area (Å²) in [5, 5.41) is 2.38.